The Morgan fingerprint density at radius 2 is 2.09 bits per heavy atom. The van der Waals surface area contributed by atoms with Crippen molar-refractivity contribution in [3.05, 3.63) is 52.6 Å². The molecule has 6 heteroatoms. The summed E-state index contributed by atoms with van der Waals surface area (Å²) in [7, 11) is 0. The molecule has 1 atom stereocenters. The van der Waals surface area contributed by atoms with Gasteiger partial charge in [0.25, 0.3) is 5.91 Å². The van der Waals surface area contributed by atoms with Gasteiger partial charge in [0.1, 0.15) is 11.3 Å². The van der Waals surface area contributed by atoms with Crippen LogP contribution in [0, 0.1) is 0 Å². The average Bonchev–Trinajstić information content (AvgIpc) is 2.57. The lowest BCUT2D eigenvalue weighted by Gasteiger charge is -2.31. The summed E-state index contributed by atoms with van der Waals surface area (Å²) < 4.78 is 6.76. The van der Waals surface area contributed by atoms with E-state index < -0.39 is 0 Å². The molecule has 1 aromatic carbocycles. The second-order valence-electron chi connectivity index (χ2n) is 5.57. The molecule has 5 nitrogen and oxygen atoms in total. The van der Waals surface area contributed by atoms with Crippen molar-refractivity contribution in [1.29, 1.82) is 0 Å². The fraction of sp³-hybridized carbons (Fsp3) is 0.294. The Kier molecular flexibility index (Phi) is 4.93. The molecular weight excluding hydrogens is 358 g/mol. The molecule has 0 radical (unpaired) electrons. The van der Waals surface area contributed by atoms with E-state index in [9.17, 15) is 4.79 Å². The van der Waals surface area contributed by atoms with Crippen molar-refractivity contribution >= 4 is 21.8 Å². The number of carbonyl (C=O) groups excluding carboxylic acids is 1. The number of rotatable bonds is 3. The monoisotopic (exact) mass is 375 g/mol. The number of halogens is 1. The number of benzene rings is 1. The zero-order valence-corrected chi connectivity index (χ0v) is 14.2. The van der Waals surface area contributed by atoms with Crippen molar-refractivity contribution in [2.45, 2.75) is 18.9 Å². The van der Waals surface area contributed by atoms with Crippen LogP contribution in [0.3, 0.4) is 0 Å². The van der Waals surface area contributed by atoms with E-state index in [0.717, 1.165) is 23.9 Å². The standard InChI is InChI=1S/C17H18BrN3O2/c18-12-5-7-14(8-6-12)23-16-15(4-1-9-20-16)17(22)21-10-2-3-13(19)11-21/h1,4-9,13H,2-3,10-11,19H2. The Hall–Kier alpha value is -1.92. The second kappa shape index (κ2) is 7.10. The smallest absolute Gasteiger partial charge is 0.259 e. The Balaban J connectivity index is 1.82. The van der Waals surface area contributed by atoms with E-state index in [0.29, 0.717) is 23.7 Å². The summed E-state index contributed by atoms with van der Waals surface area (Å²) in [4.78, 5) is 18.7. The van der Waals surface area contributed by atoms with Gasteiger partial charge < -0.3 is 15.4 Å². The van der Waals surface area contributed by atoms with Gasteiger partial charge in [-0.25, -0.2) is 4.98 Å². The van der Waals surface area contributed by atoms with Crippen molar-refractivity contribution in [3.8, 4) is 11.6 Å². The third-order valence-corrected chi connectivity index (χ3v) is 4.30. The minimum atomic E-state index is -0.0830. The number of carbonyl (C=O) groups is 1. The highest BCUT2D eigenvalue weighted by atomic mass is 79.9. The summed E-state index contributed by atoms with van der Waals surface area (Å²) >= 11 is 3.38. The Bertz CT molecular complexity index is 690. The van der Waals surface area contributed by atoms with Crippen LogP contribution in [0.4, 0.5) is 0 Å². The maximum absolute atomic E-state index is 12.8. The quantitative estimate of drug-likeness (QED) is 0.893. The summed E-state index contributed by atoms with van der Waals surface area (Å²) in [5.74, 6) is 0.871. The van der Waals surface area contributed by atoms with Crippen LogP contribution in [0.5, 0.6) is 11.6 Å². The largest absolute Gasteiger partial charge is 0.438 e. The van der Waals surface area contributed by atoms with Crippen molar-refractivity contribution in [3.63, 3.8) is 0 Å². The molecule has 1 aliphatic heterocycles. The minimum Gasteiger partial charge on any atom is -0.438 e. The molecule has 2 heterocycles. The number of amides is 1. The number of pyridine rings is 1. The lowest BCUT2D eigenvalue weighted by atomic mass is 10.1. The van der Waals surface area contributed by atoms with Crippen LogP contribution in [-0.2, 0) is 0 Å². The normalized spacial score (nSPS) is 17.8. The molecule has 120 valence electrons. The molecule has 2 N–H and O–H groups in total. The summed E-state index contributed by atoms with van der Waals surface area (Å²) in [5, 5.41) is 0. The van der Waals surface area contributed by atoms with Crippen LogP contribution < -0.4 is 10.5 Å². The third-order valence-electron chi connectivity index (χ3n) is 3.77. The van der Waals surface area contributed by atoms with Gasteiger partial charge in [0.05, 0.1) is 0 Å². The van der Waals surface area contributed by atoms with Crippen molar-refractivity contribution in [1.82, 2.24) is 9.88 Å². The minimum absolute atomic E-state index is 0.0419. The number of nitrogens with zero attached hydrogens (tertiary/aromatic N) is 2. The van der Waals surface area contributed by atoms with Gasteiger partial charge in [-0.05, 0) is 49.2 Å². The Morgan fingerprint density at radius 1 is 1.30 bits per heavy atom. The third kappa shape index (κ3) is 3.89. The zero-order chi connectivity index (χ0) is 16.2. The maximum atomic E-state index is 12.8. The van der Waals surface area contributed by atoms with Crippen molar-refractivity contribution < 1.29 is 9.53 Å². The Morgan fingerprint density at radius 3 is 2.83 bits per heavy atom. The Labute approximate surface area is 143 Å². The predicted octanol–water partition coefficient (Wildman–Crippen LogP) is 3.20. The van der Waals surface area contributed by atoms with Crippen LogP contribution in [0.25, 0.3) is 0 Å². The fourth-order valence-corrected chi connectivity index (χ4v) is 2.88. The first kappa shape index (κ1) is 16.0. The molecule has 0 aliphatic carbocycles. The molecule has 3 rings (SSSR count). The first-order valence-corrected chi connectivity index (χ1v) is 8.36. The van der Waals surface area contributed by atoms with Crippen LogP contribution in [0.1, 0.15) is 23.2 Å². The molecule has 1 aliphatic rings. The van der Waals surface area contributed by atoms with E-state index in [4.69, 9.17) is 10.5 Å². The molecule has 23 heavy (non-hydrogen) atoms. The van der Waals surface area contributed by atoms with Crippen LogP contribution in [0.2, 0.25) is 0 Å². The predicted molar refractivity (Wildman–Crippen MR) is 91.6 cm³/mol. The van der Waals surface area contributed by atoms with E-state index in [2.05, 4.69) is 20.9 Å². The highest BCUT2D eigenvalue weighted by Gasteiger charge is 2.25. The molecule has 1 fully saturated rings. The molecule has 1 aromatic heterocycles. The van der Waals surface area contributed by atoms with E-state index in [1.54, 1.807) is 23.2 Å². The van der Waals surface area contributed by atoms with Gasteiger partial charge in [0.2, 0.25) is 5.88 Å². The highest BCUT2D eigenvalue weighted by Crippen LogP contribution is 2.26. The van der Waals surface area contributed by atoms with E-state index >= 15 is 0 Å². The molecule has 0 bridgehead atoms. The van der Waals surface area contributed by atoms with Gasteiger partial charge in [-0.3, -0.25) is 4.79 Å². The molecule has 1 saturated heterocycles. The molecule has 1 unspecified atom stereocenters. The number of likely N-dealkylation sites (tertiary alicyclic amines) is 1. The topological polar surface area (TPSA) is 68.5 Å². The van der Waals surface area contributed by atoms with E-state index in [1.165, 1.54) is 0 Å². The van der Waals surface area contributed by atoms with E-state index in [-0.39, 0.29) is 11.9 Å². The van der Waals surface area contributed by atoms with Crippen LogP contribution in [-0.4, -0.2) is 34.9 Å². The van der Waals surface area contributed by atoms with Gasteiger partial charge in [0, 0.05) is 29.8 Å². The average molecular weight is 376 g/mol. The summed E-state index contributed by atoms with van der Waals surface area (Å²) in [5.41, 5.74) is 6.43. The molecule has 0 spiro atoms. The number of ether oxygens (including phenoxy) is 1. The second-order valence-corrected chi connectivity index (χ2v) is 6.48. The number of nitrogens with two attached hydrogens (primary N) is 1. The van der Waals surface area contributed by atoms with Gasteiger partial charge in [-0.15, -0.1) is 0 Å². The molecular formula is C17H18BrN3O2. The molecule has 2 aromatic rings. The van der Waals surface area contributed by atoms with Gasteiger partial charge in [-0.2, -0.15) is 0 Å². The van der Waals surface area contributed by atoms with Gasteiger partial charge >= 0.3 is 0 Å². The van der Waals surface area contributed by atoms with Gasteiger partial charge in [-0.1, -0.05) is 15.9 Å². The fourth-order valence-electron chi connectivity index (χ4n) is 2.61. The number of aromatic nitrogens is 1. The summed E-state index contributed by atoms with van der Waals surface area (Å²) in [6.07, 6.45) is 3.50. The van der Waals surface area contributed by atoms with Crippen molar-refractivity contribution in [2.24, 2.45) is 5.73 Å². The SMILES string of the molecule is NC1CCCN(C(=O)c2cccnc2Oc2ccc(Br)cc2)C1. The number of hydrogen-bond donors (Lipinski definition) is 1. The highest BCUT2D eigenvalue weighted by molar-refractivity contribution is 9.10. The lowest BCUT2D eigenvalue weighted by molar-refractivity contribution is 0.0705. The van der Waals surface area contributed by atoms with Crippen LogP contribution >= 0.6 is 15.9 Å². The van der Waals surface area contributed by atoms with Gasteiger partial charge in [0.15, 0.2) is 0 Å². The zero-order valence-electron chi connectivity index (χ0n) is 12.6. The first-order valence-electron chi connectivity index (χ1n) is 7.57. The van der Waals surface area contributed by atoms with Crippen molar-refractivity contribution in [2.75, 3.05) is 13.1 Å². The maximum Gasteiger partial charge on any atom is 0.259 e. The molecule has 0 saturated carbocycles. The summed E-state index contributed by atoms with van der Waals surface area (Å²) in [6.45, 7) is 1.30. The summed E-state index contributed by atoms with van der Waals surface area (Å²) in [6, 6.07) is 10.9. The number of piperidine rings is 1. The first-order chi connectivity index (χ1) is 11.1. The van der Waals surface area contributed by atoms with E-state index in [1.807, 2.05) is 24.3 Å². The molecule has 1 amide bonds. The number of hydrogen-bond acceptors (Lipinski definition) is 4. The lowest BCUT2D eigenvalue weighted by Crippen LogP contribution is -2.45. The van der Waals surface area contributed by atoms with Crippen LogP contribution in [0.15, 0.2) is 47.1 Å².